The molecule has 212 valence electrons. The number of piperazine rings is 1. The minimum Gasteiger partial charge on any atom is -0.497 e. The number of hydrogen-bond donors (Lipinski definition) is 1. The van der Waals surface area contributed by atoms with Gasteiger partial charge in [-0.3, -0.25) is 0 Å². The number of aromatic nitrogens is 3. The molecule has 0 aliphatic carbocycles. The van der Waals surface area contributed by atoms with Crippen LogP contribution in [-0.2, 0) is 0 Å². The number of benzene rings is 3. The molecule has 3 aromatic carbocycles. The molecular formula is C32H28Cl2N6O2. The van der Waals surface area contributed by atoms with Crippen LogP contribution < -0.4 is 15.0 Å². The zero-order chi connectivity index (χ0) is 29.1. The minimum atomic E-state index is -0.175. The summed E-state index contributed by atoms with van der Waals surface area (Å²) in [6.45, 7) is 2.41. The van der Waals surface area contributed by atoms with E-state index in [0.717, 1.165) is 39.6 Å². The molecule has 0 spiro atoms. The zero-order valence-corrected chi connectivity index (χ0v) is 24.4. The smallest absolute Gasteiger partial charge is 0.321 e. The van der Waals surface area contributed by atoms with Crippen LogP contribution in [0.15, 0.2) is 97.3 Å². The van der Waals surface area contributed by atoms with Gasteiger partial charge in [-0.05, 0) is 60.2 Å². The number of halogens is 2. The predicted octanol–water partition coefficient (Wildman–Crippen LogP) is 7.27. The Labute approximate surface area is 254 Å². The van der Waals surface area contributed by atoms with Gasteiger partial charge in [0, 0.05) is 55.4 Å². The Balaban J connectivity index is 1.23. The fourth-order valence-electron chi connectivity index (χ4n) is 4.96. The Morgan fingerprint density at radius 1 is 0.857 bits per heavy atom. The number of rotatable bonds is 6. The van der Waals surface area contributed by atoms with Crippen molar-refractivity contribution in [3.63, 3.8) is 0 Å². The second-order valence-electron chi connectivity index (χ2n) is 9.84. The average Bonchev–Trinajstić information content (AvgIpc) is 3.49. The van der Waals surface area contributed by atoms with Crippen molar-refractivity contribution in [1.29, 1.82) is 0 Å². The highest BCUT2D eigenvalue weighted by Gasteiger charge is 2.23. The Hall–Kier alpha value is -4.53. The topological polar surface area (TPSA) is 75.5 Å². The van der Waals surface area contributed by atoms with Gasteiger partial charge in [-0.15, -0.1) is 0 Å². The summed E-state index contributed by atoms with van der Waals surface area (Å²) in [5.74, 6) is 1.62. The number of amides is 2. The highest BCUT2D eigenvalue weighted by atomic mass is 35.5. The molecule has 1 N–H and O–H groups in total. The number of methoxy groups -OCH3 is 1. The third kappa shape index (κ3) is 5.91. The quantitative estimate of drug-likeness (QED) is 0.222. The number of hydrogen-bond acceptors (Lipinski definition) is 5. The van der Waals surface area contributed by atoms with E-state index in [4.69, 9.17) is 33.0 Å². The third-order valence-corrected chi connectivity index (χ3v) is 7.94. The van der Waals surface area contributed by atoms with E-state index >= 15 is 0 Å². The summed E-state index contributed by atoms with van der Waals surface area (Å²) in [7, 11) is 1.66. The van der Waals surface area contributed by atoms with E-state index in [1.807, 2.05) is 71.5 Å². The van der Waals surface area contributed by atoms with Gasteiger partial charge < -0.3 is 19.9 Å². The largest absolute Gasteiger partial charge is 0.497 e. The van der Waals surface area contributed by atoms with E-state index in [2.05, 4.69) is 27.5 Å². The number of urea groups is 1. The molecule has 1 aliphatic rings. The van der Waals surface area contributed by atoms with Crippen molar-refractivity contribution >= 4 is 40.7 Å². The Kier molecular flexibility index (Phi) is 7.99. The van der Waals surface area contributed by atoms with Crippen LogP contribution in [0, 0.1) is 0 Å². The van der Waals surface area contributed by atoms with Crippen LogP contribution in [0.1, 0.15) is 0 Å². The predicted molar refractivity (Wildman–Crippen MR) is 168 cm³/mol. The minimum absolute atomic E-state index is 0.175. The lowest BCUT2D eigenvalue weighted by Gasteiger charge is -2.35. The number of anilines is 2. The Bertz CT molecular complexity index is 1720. The standard InChI is InChI=1S/C32H28Cl2N6O2/c1-42-26-9-5-6-23(18-26)31-27(21-40(37-31)25-7-3-2-4-8-25)22-12-13-35-30(19-22)38-14-16-39(17-15-38)32(41)36-24-10-11-28(33)29(34)20-24/h2-13,18-21H,14-17H2,1H3,(H,36,41). The highest BCUT2D eigenvalue weighted by molar-refractivity contribution is 6.42. The van der Waals surface area contributed by atoms with Crippen molar-refractivity contribution in [3.8, 4) is 33.8 Å². The molecule has 2 amide bonds. The molecule has 1 fully saturated rings. The average molecular weight is 600 g/mol. The molecule has 0 atom stereocenters. The van der Waals surface area contributed by atoms with Gasteiger partial charge in [-0.1, -0.05) is 53.5 Å². The number of nitrogens with zero attached hydrogens (tertiary/aromatic N) is 5. The van der Waals surface area contributed by atoms with Crippen molar-refractivity contribution in [2.45, 2.75) is 0 Å². The summed E-state index contributed by atoms with van der Waals surface area (Å²) in [5, 5.41) is 8.72. The normalized spacial score (nSPS) is 13.2. The summed E-state index contributed by atoms with van der Waals surface area (Å²) in [6.07, 6.45) is 3.87. The third-order valence-electron chi connectivity index (χ3n) is 7.20. The lowest BCUT2D eigenvalue weighted by atomic mass is 10.0. The number of pyridine rings is 1. The lowest BCUT2D eigenvalue weighted by Crippen LogP contribution is -2.50. The number of carbonyl (C=O) groups is 1. The van der Waals surface area contributed by atoms with Gasteiger partial charge in [0.2, 0.25) is 0 Å². The highest BCUT2D eigenvalue weighted by Crippen LogP contribution is 2.35. The van der Waals surface area contributed by atoms with Crippen LogP contribution in [-0.4, -0.2) is 59.0 Å². The molecule has 0 radical (unpaired) electrons. The molecule has 3 heterocycles. The molecule has 0 saturated carbocycles. The molecule has 1 aliphatic heterocycles. The molecule has 42 heavy (non-hydrogen) atoms. The Morgan fingerprint density at radius 2 is 1.67 bits per heavy atom. The van der Waals surface area contributed by atoms with Crippen LogP contribution in [0.2, 0.25) is 10.0 Å². The van der Waals surface area contributed by atoms with E-state index in [1.165, 1.54) is 0 Å². The van der Waals surface area contributed by atoms with E-state index < -0.39 is 0 Å². The molecule has 2 aromatic heterocycles. The molecular weight excluding hydrogens is 571 g/mol. The van der Waals surface area contributed by atoms with Gasteiger partial charge in [0.15, 0.2) is 0 Å². The first-order valence-electron chi connectivity index (χ1n) is 13.5. The van der Waals surface area contributed by atoms with Crippen LogP contribution in [0.5, 0.6) is 5.75 Å². The van der Waals surface area contributed by atoms with Crippen LogP contribution in [0.3, 0.4) is 0 Å². The summed E-state index contributed by atoms with van der Waals surface area (Å²) < 4.78 is 7.38. The number of para-hydroxylation sites is 1. The first-order chi connectivity index (χ1) is 20.5. The van der Waals surface area contributed by atoms with E-state index in [0.29, 0.717) is 41.9 Å². The summed E-state index contributed by atoms with van der Waals surface area (Å²) >= 11 is 12.1. The van der Waals surface area contributed by atoms with Crippen molar-refractivity contribution in [3.05, 3.63) is 107 Å². The van der Waals surface area contributed by atoms with E-state index in [-0.39, 0.29) is 6.03 Å². The van der Waals surface area contributed by atoms with Gasteiger partial charge in [0.05, 0.1) is 22.8 Å². The van der Waals surface area contributed by atoms with E-state index in [9.17, 15) is 4.79 Å². The number of ether oxygens (including phenoxy) is 1. The molecule has 0 bridgehead atoms. The summed E-state index contributed by atoms with van der Waals surface area (Å²) in [4.78, 5) is 21.5. The number of nitrogens with one attached hydrogen (secondary N) is 1. The van der Waals surface area contributed by atoms with Gasteiger partial charge in [-0.25, -0.2) is 14.5 Å². The van der Waals surface area contributed by atoms with Gasteiger partial charge in [0.25, 0.3) is 0 Å². The first kappa shape index (κ1) is 27.6. The maximum absolute atomic E-state index is 12.9. The van der Waals surface area contributed by atoms with Crippen molar-refractivity contribution < 1.29 is 9.53 Å². The van der Waals surface area contributed by atoms with Gasteiger partial charge in [-0.2, -0.15) is 5.10 Å². The molecule has 6 rings (SSSR count). The SMILES string of the molecule is COc1cccc(-c2nn(-c3ccccc3)cc2-c2ccnc(N3CCN(C(=O)Nc4ccc(Cl)c(Cl)c4)CC3)c2)c1. The van der Waals surface area contributed by atoms with Crippen LogP contribution in [0.25, 0.3) is 28.1 Å². The molecule has 10 heteroatoms. The van der Waals surface area contributed by atoms with Crippen LogP contribution in [0.4, 0.5) is 16.3 Å². The Morgan fingerprint density at radius 3 is 2.43 bits per heavy atom. The molecule has 0 unspecified atom stereocenters. The van der Waals surface area contributed by atoms with Crippen molar-refractivity contribution in [2.24, 2.45) is 0 Å². The fourth-order valence-corrected chi connectivity index (χ4v) is 5.25. The maximum Gasteiger partial charge on any atom is 0.321 e. The zero-order valence-electron chi connectivity index (χ0n) is 22.9. The molecule has 8 nitrogen and oxygen atoms in total. The second-order valence-corrected chi connectivity index (χ2v) is 10.7. The molecule has 1 saturated heterocycles. The van der Waals surface area contributed by atoms with Gasteiger partial charge >= 0.3 is 6.03 Å². The lowest BCUT2D eigenvalue weighted by molar-refractivity contribution is 0.208. The van der Waals surface area contributed by atoms with Crippen molar-refractivity contribution in [2.75, 3.05) is 43.5 Å². The fraction of sp³-hybridized carbons (Fsp3) is 0.156. The summed E-state index contributed by atoms with van der Waals surface area (Å²) in [5.41, 5.74) is 5.36. The van der Waals surface area contributed by atoms with E-state index in [1.54, 1.807) is 30.2 Å². The second kappa shape index (κ2) is 12.1. The monoisotopic (exact) mass is 598 g/mol. The number of carbonyl (C=O) groups excluding carboxylic acids is 1. The van der Waals surface area contributed by atoms with Crippen LogP contribution >= 0.6 is 23.2 Å². The van der Waals surface area contributed by atoms with Gasteiger partial charge in [0.1, 0.15) is 17.3 Å². The summed E-state index contributed by atoms with van der Waals surface area (Å²) in [6, 6.07) is 26.9. The van der Waals surface area contributed by atoms with Crippen molar-refractivity contribution in [1.82, 2.24) is 19.7 Å². The first-order valence-corrected chi connectivity index (χ1v) is 14.3. The maximum atomic E-state index is 12.9. The molecule has 5 aromatic rings.